The second-order valence-electron chi connectivity index (χ2n) is 5.94. The predicted octanol–water partition coefficient (Wildman–Crippen LogP) is 1.97. The van der Waals surface area contributed by atoms with Crippen molar-refractivity contribution in [2.75, 3.05) is 18.0 Å². The Labute approximate surface area is 119 Å². The molecule has 0 bridgehead atoms. The molecule has 2 rings (SSSR count). The van der Waals surface area contributed by atoms with Crippen LogP contribution in [0.3, 0.4) is 0 Å². The standard InChI is InChI=1S/C14H22N4O2/c1-14(2,3)20-13(19)17-9-11-5-4-8-18(11)12-10-15-6-7-16-12/h6-7,10-11H,4-5,8-9H2,1-3H3,(H,17,19). The summed E-state index contributed by atoms with van der Waals surface area (Å²) in [4.78, 5) is 22.3. The topological polar surface area (TPSA) is 67.3 Å². The van der Waals surface area contributed by atoms with Crippen LogP contribution in [0, 0.1) is 0 Å². The van der Waals surface area contributed by atoms with Crippen LogP contribution in [0.15, 0.2) is 18.6 Å². The zero-order valence-corrected chi connectivity index (χ0v) is 12.3. The van der Waals surface area contributed by atoms with Crippen molar-refractivity contribution in [1.82, 2.24) is 15.3 Å². The molecule has 1 unspecified atom stereocenters. The highest BCUT2D eigenvalue weighted by Crippen LogP contribution is 2.22. The van der Waals surface area contributed by atoms with Crippen LogP contribution in [0.5, 0.6) is 0 Å². The number of ether oxygens (including phenoxy) is 1. The molecule has 20 heavy (non-hydrogen) atoms. The largest absolute Gasteiger partial charge is 0.444 e. The summed E-state index contributed by atoms with van der Waals surface area (Å²) in [6.07, 6.45) is 6.86. The summed E-state index contributed by atoms with van der Waals surface area (Å²) >= 11 is 0. The average Bonchev–Trinajstić information content (AvgIpc) is 2.83. The summed E-state index contributed by atoms with van der Waals surface area (Å²) in [6, 6.07) is 0.249. The second-order valence-corrected chi connectivity index (χ2v) is 5.94. The van der Waals surface area contributed by atoms with E-state index in [9.17, 15) is 4.79 Å². The number of nitrogens with one attached hydrogen (secondary N) is 1. The van der Waals surface area contributed by atoms with Gasteiger partial charge in [0.2, 0.25) is 0 Å². The molecule has 6 nitrogen and oxygen atoms in total. The maximum atomic E-state index is 11.7. The predicted molar refractivity (Wildman–Crippen MR) is 76.6 cm³/mol. The van der Waals surface area contributed by atoms with Crippen molar-refractivity contribution in [2.45, 2.75) is 45.3 Å². The van der Waals surface area contributed by atoms with E-state index in [-0.39, 0.29) is 12.1 Å². The van der Waals surface area contributed by atoms with E-state index in [2.05, 4.69) is 20.2 Å². The first-order valence-electron chi connectivity index (χ1n) is 6.95. The zero-order chi connectivity index (χ0) is 14.6. The molecule has 1 atom stereocenters. The lowest BCUT2D eigenvalue weighted by atomic mass is 10.2. The molecular weight excluding hydrogens is 256 g/mol. The highest BCUT2D eigenvalue weighted by Gasteiger charge is 2.26. The number of aromatic nitrogens is 2. The molecule has 2 heterocycles. The fourth-order valence-corrected chi connectivity index (χ4v) is 2.30. The highest BCUT2D eigenvalue weighted by atomic mass is 16.6. The van der Waals surface area contributed by atoms with Crippen molar-refractivity contribution >= 4 is 11.9 Å². The van der Waals surface area contributed by atoms with Gasteiger partial charge in [-0.3, -0.25) is 4.98 Å². The van der Waals surface area contributed by atoms with Gasteiger partial charge >= 0.3 is 6.09 Å². The van der Waals surface area contributed by atoms with Crippen LogP contribution < -0.4 is 10.2 Å². The molecule has 0 spiro atoms. The van der Waals surface area contributed by atoms with Crippen LogP contribution in [-0.4, -0.2) is 40.8 Å². The van der Waals surface area contributed by atoms with E-state index < -0.39 is 5.60 Å². The van der Waals surface area contributed by atoms with E-state index in [4.69, 9.17) is 4.74 Å². The Kier molecular flexibility index (Phi) is 4.42. The van der Waals surface area contributed by atoms with Gasteiger partial charge < -0.3 is 15.0 Å². The summed E-state index contributed by atoms with van der Waals surface area (Å²) < 4.78 is 5.24. The Morgan fingerprint density at radius 1 is 1.50 bits per heavy atom. The maximum absolute atomic E-state index is 11.7. The van der Waals surface area contributed by atoms with Gasteiger partial charge in [-0.15, -0.1) is 0 Å². The summed E-state index contributed by atoms with van der Waals surface area (Å²) in [5, 5.41) is 2.83. The molecule has 1 N–H and O–H groups in total. The van der Waals surface area contributed by atoms with E-state index in [0.717, 1.165) is 25.2 Å². The number of carbonyl (C=O) groups excluding carboxylic acids is 1. The second kappa shape index (κ2) is 6.07. The fourth-order valence-electron chi connectivity index (χ4n) is 2.30. The van der Waals surface area contributed by atoms with E-state index in [0.29, 0.717) is 6.54 Å². The number of anilines is 1. The molecule has 1 fully saturated rings. The summed E-state index contributed by atoms with van der Waals surface area (Å²) in [6.45, 7) is 7.07. The Morgan fingerprint density at radius 2 is 2.30 bits per heavy atom. The van der Waals surface area contributed by atoms with Gasteiger partial charge in [-0.25, -0.2) is 9.78 Å². The van der Waals surface area contributed by atoms with Gasteiger partial charge in [-0.05, 0) is 33.6 Å². The summed E-state index contributed by atoms with van der Waals surface area (Å²) in [7, 11) is 0. The van der Waals surface area contributed by atoms with E-state index in [1.165, 1.54) is 0 Å². The van der Waals surface area contributed by atoms with Gasteiger partial charge in [0.15, 0.2) is 0 Å². The molecule has 6 heteroatoms. The van der Waals surface area contributed by atoms with Crippen LogP contribution in [0.1, 0.15) is 33.6 Å². The van der Waals surface area contributed by atoms with E-state index >= 15 is 0 Å². The zero-order valence-electron chi connectivity index (χ0n) is 12.3. The minimum Gasteiger partial charge on any atom is -0.444 e. The molecule has 0 saturated carbocycles. The van der Waals surface area contributed by atoms with Crippen LogP contribution in [0.25, 0.3) is 0 Å². The molecule has 1 aliphatic rings. The van der Waals surface area contributed by atoms with Gasteiger partial charge in [0.1, 0.15) is 11.4 Å². The number of hydrogen-bond donors (Lipinski definition) is 1. The van der Waals surface area contributed by atoms with Gasteiger partial charge in [-0.2, -0.15) is 0 Å². The number of carbonyl (C=O) groups is 1. The number of nitrogens with zero attached hydrogens (tertiary/aromatic N) is 3. The van der Waals surface area contributed by atoms with Crippen LogP contribution >= 0.6 is 0 Å². The lowest BCUT2D eigenvalue weighted by Gasteiger charge is -2.26. The van der Waals surface area contributed by atoms with Gasteiger partial charge in [0, 0.05) is 31.5 Å². The van der Waals surface area contributed by atoms with Crippen LogP contribution in [0.2, 0.25) is 0 Å². The quantitative estimate of drug-likeness (QED) is 0.915. The monoisotopic (exact) mass is 278 g/mol. The van der Waals surface area contributed by atoms with Gasteiger partial charge in [-0.1, -0.05) is 0 Å². The molecule has 1 aliphatic heterocycles. The molecular formula is C14H22N4O2. The lowest BCUT2D eigenvalue weighted by Crippen LogP contribution is -2.42. The average molecular weight is 278 g/mol. The van der Waals surface area contributed by atoms with Crippen LogP contribution in [-0.2, 0) is 4.74 Å². The molecule has 1 aromatic rings. The Bertz CT molecular complexity index is 444. The van der Waals surface area contributed by atoms with Crippen LogP contribution in [0.4, 0.5) is 10.6 Å². The summed E-state index contributed by atoms with van der Waals surface area (Å²) in [5.41, 5.74) is -0.468. The van der Waals surface area contributed by atoms with Crippen molar-refractivity contribution in [2.24, 2.45) is 0 Å². The molecule has 1 aromatic heterocycles. The molecule has 0 aliphatic carbocycles. The SMILES string of the molecule is CC(C)(C)OC(=O)NCC1CCCN1c1cnccn1. The Balaban J connectivity index is 1.88. The third-order valence-corrected chi connectivity index (χ3v) is 3.10. The number of amides is 1. The minimum atomic E-state index is -0.468. The van der Waals surface area contributed by atoms with Crippen molar-refractivity contribution < 1.29 is 9.53 Å². The smallest absolute Gasteiger partial charge is 0.407 e. The van der Waals surface area contributed by atoms with E-state index in [1.54, 1.807) is 18.6 Å². The van der Waals surface area contributed by atoms with E-state index in [1.807, 2.05) is 20.8 Å². The third-order valence-electron chi connectivity index (χ3n) is 3.10. The maximum Gasteiger partial charge on any atom is 0.407 e. The Hall–Kier alpha value is -1.85. The van der Waals surface area contributed by atoms with Crippen molar-refractivity contribution in [3.8, 4) is 0 Å². The third kappa shape index (κ3) is 4.08. The molecule has 0 radical (unpaired) electrons. The molecule has 110 valence electrons. The normalized spacial score (nSPS) is 18.9. The molecule has 1 saturated heterocycles. The Morgan fingerprint density at radius 3 is 2.95 bits per heavy atom. The first kappa shape index (κ1) is 14.6. The van der Waals surface area contributed by atoms with Crippen molar-refractivity contribution in [1.29, 1.82) is 0 Å². The number of hydrogen-bond acceptors (Lipinski definition) is 5. The number of rotatable bonds is 3. The first-order valence-corrected chi connectivity index (χ1v) is 6.95. The molecule has 0 aromatic carbocycles. The van der Waals surface area contributed by atoms with Gasteiger partial charge in [0.25, 0.3) is 0 Å². The highest BCUT2D eigenvalue weighted by molar-refractivity contribution is 5.67. The number of alkyl carbamates (subject to hydrolysis) is 1. The fraction of sp³-hybridized carbons (Fsp3) is 0.643. The van der Waals surface area contributed by atoms with Gasteiger partial charge in [0.05, 0.1) is 6.20 Å². The van der Waals surface area contributed by atoms with Crippen molar-refractivity contribution in [3.05, 3.63) is 18.6 Å². The summed E-state index contributed by atoms with van der Waals surface area (Å²) in [5.74, 6) is 0.862. The minimum absolute atomic E-state index is 0.249. The van der Waals surface area contributed by atoms with Crippen molar-refractivity contribution in [3.63, 3.8) is 0 Å². The first-order chi connectivity index (χ1) is 9.46. The molecule has 1 amide bonds. The lowest BCUT2D eigenvalue weighted by molar-refractivity contribution is 0.0525.